The largest absolute Gasteiger partial charge is 0.379 e. The molecule has 2 heterocycles. The summed E-state index contributed by atoms with van der Waals surface area (Å²) >= 11 is 1.93. The number of carbonyl (C=O) groups excluding carboxylic acids is 1. The summed E-state index contributed by atoms with van der Waals surface area (Å²) in [6.07, 6.45) is 4.52. The van der Waals surface area contributed by atoms with Crippen LogP contribution in [0.25, 0.3) is 0 Å². The van der Waals surface area contributed by atoms with E-state index in [9.17, 15) is 4.79 Å². The Hall–Kier alpha value is -0.460. The van der Waals surface area contributed by atoms with Crippen molar-refractivity contribution in [1.29, 1.82) is 0 Å². The number of hydrogen-bond donors (Lipinski definition) is 1. The number of carbonyl (C=O) groups is 1. The zero-order valence-electron chi connectivity index (χ0n) is 12.1. The molecule has 0 saturated carbocycles. The number of nitrogens with one attached hydrogen (secondary N) is 1. The zero-order valence-corrected chi connectivity index (χ0v) is 13.0. The van der Waals surface area contributed by atoms with Gasteiger partial charge in [0.25, 0.3) is 0 Å². The number of nitrogens with zero attached hydrogens (tertiary/aromatic N) is 1. The van der Waals surface area contributed by atoms with Crippen LogP contribution < -0.4 is 5.32 Å². The highest BCUT2D eigenvalue weighted by molar-refractivity contribution is 7.99. The number of ether oxygens (including phenoxy) is 2. The molecule has 2 amide bonds. The van der Waals surface area contributed by atoms with Crippen LogP contribution in [-0.2, 0) is 9.47 Å². The van der Waals surface area contributed by atoms with E-state index < -0.39 is 0 Å². The molecule has 20 heavy (non-hydrogen) atoms. The van der Waals surface area contributed by atoms with E-state index in [1.165, 1.54) is 5.75 Å². The van der Waals surface area contributed by atoms with Crippen LogP contribution in [0.5, 0.6) is 0 Å². The molecule has 5 nitrogen and oxygen atoms in total. The van der Waals surface area contributed by atoms with Gasteiger partial charge < -0.3 is 19.7 Å². The van der Waals surface area contributed by atoms with Gasteiger partial charge in [0.15, 0.2) is 0 Å². The summed E-state index contributed by atoms with van der Waals surface area (Å²) in [5, 5.41) is 2.98. The number of hydrogen-bond acceptors (Lipinski definition) is 4. The Morgan fingerprint density at radius 1 is 1.35 bits per heavy atom. The molecule has 0 aromatic rings. The minimum absolute atomic E-state index is 0.0756. The Morgan fingerprint density at radius 3 is 3.15 bits per heavy atom. The minimum Gasteiger partial charge on any atom is -0.379 e. The molecular formula is C14H26N2O3S. The quantitative estimate of drug-likeness (QED) is 0.759. The summed E-state index contributed by atoms with van der Waals surface area (Å²) in [7, 11) is 0. The first-order chi connectivity index (χ1) is 9.86. The van der Waals surface area contributed by atoms with Crippen LogP contribution in [0, 0.1) is 0 Å². The van der Waals surface area contributed by atoms with Crippen LogP contribution in [0.3, 0.4) is 0 Å². The number of amides is 2. The van der Waals surface area contributed by atoms with Gasteiger partial charge in [-0.05, 0) is 31.4 Å². The predicted molar refractivity (Wildman–Crippen MR) is 81.3 cm³/mol. The first-order valence-electron chi connectivity index (χ1n) is 7.66. The summed E-state index contributed by atoms with van der Waals surface area (Å²) in [5.74, 6) is 2.22. The average Bonchev–Trinajstić information content (AvgIpc) is 2.82. The lowest BCUT2D eigenvalue weighted by Crippen LogP contribution is -2.41. The highest BCUT2D eigenvalue weighted by Crippen LogP contribution is 2.12. The van der Waals surface area contributed by atoms with Crippen LogP contribution in [0.2, 0.25) is 0 Å². The number of urea groups is 1. The maximum absolute atomic E-state index is 11.9. The second kappa shape index (κ2) is 9.47. The van der Waals surface area contributed by atoms with E-state index in [4.69, 9.17) is 9.47 Å². The second-order valence-corrected chi connectivity index (χ2v) is 6.47. The van der Waals surface area contributed by atoms with Crippen molar-refractivity contribution in [3.8, 4) is 0 Å². The van der Waals surface area contributed by atoms with Gasteiger partial charge in [-0.2, -0.15) is 11.8 Å². The molecule has 1 atom stereocenters. The van der Waals surface area contributed by atoms with E-state index in [2.05, 4.69) is 5.32 Å². The molecule has 0 spiro atoms. The van der Waals surface area contributed by atoms with E-state index in [-0.39, 0.29) is 6.03 Å². The Labute approximate surface area is 125 Å². The van der Waals surface area contributed by atoms with Crippen molar-refractivity contribution in [3.05, 3.63) is 0 Å². The SMILES string of the molecule is O=C(NCCCOCC1CCCO1)N1CCCSCC1. The van der Waals surface area contributed by atoms with Crippen molar-refractivity contribution >= 4 is 17.8 Å². The highest BCUT2D eigenvalue weighted by Gasteiger charge is 2.16. The van der Waals surface area contributed by atoms with Gasteiger partial charge >= 0.3 is 6.03 Å². The van der Waals surface area contributed by atoms with Gasteiger partial charge in [-0.1, -0.05) is 0 Å². The monoisotopic (exact) mass is 302 g/mol. The maximum Gasteiger partial charge on any atom is 0.317 e. The smallest absolute Gasteiger partial charge is 0.317 e. The Balaban J connectivity index is 1.46. The zero-order chi connectivity index (χ0) is 14.0. The van der Waals surface area contributed by atoms with Gasteiger partial charge in [0.1, 0.15) is 0 Å². The summed E-state index contributed by atoms with van der Waals surface area (Å²) in [6.45, 7) is 4.69. The molecule has 2 aliphatic heterocycles. The molecule has 0 radical (unpaired) electrons. The molecule has 2 aliphatic rings. The lowest BCUT2D eigenvalue weighted by Gasteiger charge is -2.20. The van der Waals surface area contributed by atoms with Crippen molar-refractivity contribution in [2.75, 3.05) is 51.0 Å². The predicted octanol–water partition coefficient (Wildman–Crippen LogP) is 1.72. The molecule has 6 heteroatoms. The van der Waals surface area contributed by atoms with Crippen LogP contribution in [-0.4, -0.2) is 68.0 Å². The van der Waals surface area contributed by atoms with Crippen molar-refractivity contribution in [3.63, 3.8) is 0 Å². The maximum atomic E-state index is 11.9. The lowest BCUT2D eigenvalue weighted by atomic mass is 10.2. The standard InChI is InChI=1S/C14H26N2O3S/c17-14(16-6-3-10-20-11-7-16)15-5-2-8-18-12-13-4-1-9-19-13/h13H,1-12H2,(H,15,17). The molecule has 0 aromatic carbocycles. The molecule has 2 fully saturated rings. The van der Waals surface area contributed by atoms with E-state index in [0.717, 1.165) is 51.1 Å². The number of thioether (sulfide) groups is 1. The van der Waals surface area contributed by atoms with Gasteiger partial charge in [0.05, 0.1) is 12.7 Å². The summed E-state index contributed by atoms with van der Waals surface area (Å²) in [5.41, 5.74) is 0. The molecule has 2 rings (SSSR count). The van der Waals surface area contributed by atoms with Crippen LogP contribution in [0.15, 0.2) is 0 Å². The van der Waals surface area contributed by atoms with Gasteiger partial charge in [0, 0.05) is 38.6 Å². The Bertz CT molecular complexity index is 278. The lowest BCUT2D eigenvalue weighted by molar-refractivity contribution is 0.0167. The first kappa shape index (κ1) is 15.9. The van der Waals surface area contributed by atoms with Gasteiger partial charge in [-0.3, -0.25) is 0 Å². The molecular weight excluding hydrogens is 276 g/mol. The fourth-order valence-corrected chi connectivity index (χ4v) is 3.31. The van der Waals surface area contributed by atoms with Crippen molar-refractivity contribution < 1.29 is 14.3 Å². The van der Waals surface area contributed by atoms with Crippen LogP contribution in [0.1, 0.15) is 25.7 Å². The van der Waals surface area contributed by atoms with Gasteiger partial charge in [0.2, 0.25) is 0 Å². The topological polar surface area (TPSA) is 50.8 Å². The fraction of sp³-hybridized carbons (Fsp3) is 0.929. The summed E-state index contributed by atoms with van der Waals surface area (Å²) in [4.78, 5) is 13.9. The molecule has 1 N–H and O–H groups in total. The molecule has 0 bridgehead atoms. The van der Waals surface area contributed by atoms with Gasteiger partial charge in [-0.15, -0.1) is 0 Å². The fourth-order valence-electron chi connectivity index (χ4n) is 2.42. The molecule has 2 saturated heterocycles. The van der Waals surface area contributed by atoms with Gasteiger partial charge in [-0.25, -0.2) is 4.79 Å². The third-order valence-electron chi connectivity index (χ3n) is 3.58. The Kier molecular flexibility index (Phi) is 7.54. The van der Waals surface area contributed by atoms with Crippen molar-refractivity contribution in [1.82, 2.24) is 10.2 Å². The third-order valence-corrected chi connectivity index (χ3v) is 4.63. The van der Waals surface area contributed by atoms with E-state index in [0.29, 0.717) is 25.9 Å². The third kappa shape index (κ3) is 5.89. The summed E-state index contributed by atoms with van der Waals surface area (Å²) in [6, 6.07) is 0.0756. The Morgan fingerprint density at radius 2 is 2.30 bits per heavy atom. The van der Waals surface area contributed by atoms with E-state index in [1.54, 1.807) is 0 Å². The van der Waals surface area contributed by atoms with Crippen LogP contribution in [0.4, 0.5) is 4.79 Å². The van der Waals surface area contributed by atoms with Crippen molar-refractivity contribution in [2.45, 2.75) is 31.8 Å². The summed E-state index contributed by atoms with van der Waals surface area (Å²) < 4.78 is 11.1. The van der Waals surface area contributed by atoms with E-state index in [1.807, 2.05) is 16.7 Å². The molecule has 0 aromatic heterocycles. The highest BCUT2D eigenvalue weighted by atomic mass is 32.2. The minimum atomic E-state index is 0.0756. The van der Waals surface area contributed by atoms with Crippen LogP contribution >= 0.6 is 11.8 Å². The molecule has 0 aliphatic carbocycles. The molecule has 1 unspecified atom stereocenters. The van der Waals surface area contributed by atoms with E-state index >= 15 is 0 Å². The first-order valence-corrected chi connectivity index (χ1v) is 8.81. The average molecular weight is 302 g/mol. The second-order valence-electron chi connectivity index (χ2n) is 5.25. The number of rotatable bonds is 6. The van der Waals surface area contributed by atoms with Crippen molar-refractivity contribution in [2.24, 2.45) is 0 Å². The normalized spacial score (nSPS) is 23.6. The molecule has 116 valence electrons.